The lowest BCUT2D eigenvalue weighted by atomic mass is 9.91. The molecule has 2 nitrogen and oxygen atoms in total. The number of benzene rings is 2. The Morgan fingerprint density at radius 2 is 1.65 bits per heavy atom. The van der Waals surface area contributed by atoms with Crippen LogP contribution in [0.25, 0.3) is 0 Å². The van der Waals surface area contributed by atoms with E-state index in [-0.39, 0.29) is 0 Å². The Morgan fingerprint density at radius 3 is 2.26 bits per heavy atom. The molecule has 1 unspecified atom stereocenters. The van der Waals surface area contributed by atoms with E-state index in [2.05, 4.69) is 72.5 Å². The number of rotatable bonds is 5. The molecular weight excluding hydrogens is 282 g/mol. The van der Waals surface area contributed by atoms with E-state index in [1.165, 1.54) is 16.7 Å². The summed E-state index contributed by atoms with van der Waals surface area (Å²) in [7, 11) is 1.80. The van der Waals surface area contributed by atoms with E-state index in [0.717, 1.165) is 31.7 Å². The van der Waals surface area contributed by atoms with Crippen molar-refractivity contribution in [3.8, 4) is 0 Å². The molecule has 1 heterocycles. The molecule has 0 amide bonds. The second kappa shape index (κ2) is 7.47. The van der Waals surface area contributed by atoms with Crippen LogP contribution in [-0.4, -0.2) is 18.6 Å². The Hall–Kier alpha value is -2.06. The smallest absolute Gasteiger partial charge is 0.109 e. The summed E-state index contributed by atoms with van der Waals surface area (Å²) >= 11 is 0. The summed E-state index contributed by atoms with van der Waals surface area (Å²) in [5.41, 5.74) is 4.19. The highest BCUT2D eigenvalue weighted by atomic mass is 16.5. The van der Waals surface area contributed by atoms with Gasteiger partial charge in [-0.05, 0) is 29.5 Å². The van der Waals surface area contributed by atoms with Gasteiger partial charge in [0.25, 0.3) is 0 Å². The van der Waals surface area contributed by atoms with Gasteiger partial charge < -0.3 is 4.74 Å². The molecule has 0 fully saturated rings. The van der Waals surface area contributed by atoms with Gasteiger partial charge in [-0.15, -0.1) is 0 Å². The summed E-state index contributed by atoms with van der Waals surface area (Å²) in [5, 5.41) is 0. The Labute approximate surface area is 139 Å². The topological polar surface area (TPSA) is 12.5 Å². The van der Waals surface area contributed by atoms with E-state index >= 15 is 0 Å². The van der Waals surface area contributed by atoms with Crippen LogP contribution in [0, 0.1) is 0 Å². The highest BCUT2D eigenvalue weighted by molar-refractivity contribution is 5.27. The molecule has 2 aromatic rings. The lowest BCUT2D eigenvalue weighted by Crippen LogP contribution is -2.35. The molecule has 120 valence electrons. The van der Waals surface area contributed by atoms with Crippen molar-refractivity contribution in [3.63, 3.8) is 0 Å². The monoisotopic (exact) mass is 307 g/mol. The molecular formula is C21H25NO. The second-order valence-corrected chi connectivity index (χ2v) is 6.11. The maximum Gasteiger partial charge on any atom is 0.109 e. The van der Waals surface area contributed by atoms with Crippen LogP contribution in [-0.2, 0) is 11.3 Å². The molecule has 2 heteroatoms. The largest absolute Gasteiger partial charge is 0.500 e. The van der Waals surface area contributed by atoms with Crippen LogP contribution in [0.15, 0.2) is 72.0 Å². The maximum absolute atomic E-state index is 5.68. The van der Waals surface area contributed by atoms with Gasteiger partial charge >= 0.3 is 0 Å². The van der Waals surface area contributed by atoms with Gasteiger partial charge in [-0.1, -0.05) is 67.6 Å². The van der Waals surface area contributed by atoms with Gasteiger partial charge in [-0.3, -0.25) is 4.90 Å². The predicted molar refractivity (Wildman–Crippen MR) is 95.0 cm³/mol. The van der Waals surface area contributed by atoms with Gasteiger partial charge in [0.2, 0.25) is 0 Å². The minimum absolute atomic E-state index is 0.422. The molecule has 3 rings (SSSR count). The lowest BCUT2D eigenvalue weighted by Gasteiger charge is -2.38. The fourth-order valence-corrected chi connectivity index (χ4v) is 3.42. The molecule has 2 aromatic carbocycles. The highest BCUT2D eigenvalue weighted by Crippen LogP contribution is 2.36. The minimum atomic E-state index is 0.422. The molecule has 0 N–H and O–H groups in total. The van der Waals surface area contributed by atoms with Crippen LogP contribution in [0.4, 0.5) is 0 Å². The van der Waals surface area contributed by atoms with Gasteiger partial charge in [0.1, 0.15) is 5.76 Å². The molecule has 0 saturated heterocycles. The summed E-state index contributed by atoms with van der Waals surface area (Å²) in [6.07, 6.45) is 2.11. The second-order valence-electron chi connectivity index (χ2n) is 6.11. The standard InChI is InChI=1S/C21H25NO/c1-3-18-14-20(19-12-8-5-9-13-19)22(16-21(18)23-2)15-17-10-6-4-7-11-17/h4-13,20H,3,14-16H2,1-2H3. The van der Waals surface area contributed by atoms with Crippen LogP contribution in [0.5, 0.6) is 0 Å². The maximum atomic E-state index is 5.68. The normalized spacial score (nSPS) is 19.0. The van der Waals surface area contributed by atoms with E-state index in [9.17, 15) is 0 Å². The Bertz CT molecular complexity index is 648. The number of ether oxygens (including phenoxy) is 1. The average molecular weight is 307 g/mol. The van der Waals surface area contributed by atoms with Gasteiger partial charge in [0.05, 0.1) is 13.7 Å². The van der Waals surface area contributed by atoms with Crippen molar-refractivity contribution in [2.24, 2.45) is 0 Å². The van der Waals surface area contributed by atoms with E-state index in [1.807, 2.05) is 0 Å². The Balaban J connectivity index is 1.91. The van der Waals surface area contributed by atoms with Crippen LogP contribution in [0.2, 0.25) is 0 Å². The molecule has 0 aliphatic carbocycles. The van der Waals surface area contributed by atoms with E-state index in [1.54, 1.807) is 7.11 Å². The molecule has 0 bridgehead atoms. The molecule has 1 aliphatic rings. The average Bonchev–Trinajstić information content (AvgIpc) is 2.63. The first kappa shape index (κ1) is 15.8. The quantitative estimate of drug-likeness (QED) is 0.775. The first-order valence-corrected chi connectivity index (χ1v) is 8.39. The van der Waals surface area contributed by atoms with Crippen LogP contribution < -0.4 is 0 Å². The van der Waals surface area contributed by atoms with E-state index < -0.39 is 0 Å². The fraction of sp³-hybridized carbons (Fsp3) is 0.333. The van der Waals surface area contributed by atoms with Gasteiger partial charge in [0.15, 0.2) is 0 Å². The molecule has 1 atom stereocenters. The zero-order chi connectivity index (χ0) is 16.1. The van der Waals surface area contributed by atoms with Crippen LogP contribution in [0.3, 0.4) is 0 Å². The van der Waals surface area contributed by atoms with E-state index in [4.69, 9.17) is 4.74 Å². The summed E-state index contributed by atoms with van der Waals surface area (Å²) < 4.78 is 5.68. The molecule has 23 heavy (non-hydrogen) atoms. The van der Waals surface area contributed by atoms with Crippen molar-refractivity contribution in [2.75, 3.05) is 13.7 Å². The van der Waals surface area contributed by atoms with Crippen molar-refractivity contribution >= 4 is 0 Å². The molecule has 0 saturated carbocycles. The zero-order valence-corrected chi connectivity index (χ0v) is 14.0. The van der Waals surface area contributed by atoms with E-state index in [0.29, 0.717) is 6.04 Å². The van der Waals surface area contributed by atoms with Crippen molar-refractivity contribution in [1.82, 2.24) is 4.90 Å². The number of nitrogens with zero attached hydrogens (tertiary/aromatic N) is 1. The number of methoxy groups -OCH3 is 1. The predicted octanol–water partition coefficient (Wildman–Crippen LogP) is 4.94. The van der Waals surface area contributed by atoms with Gasteiger partial charge in [-0.25, -0.2) is 0 Å². The summed E-state index contributed by atoms with van der Waals surface area (Å²) in [6.45, 7) is 4.06. The summed E-state index contributed by atoms with van der Waals surface area (Å²) in [5.74, 6) is 1.15. The molecule has 0 spiro atoms. The summed E-state index contributed by atoms with van der Waals surface area (Å²) in [4.78, 5) is 2.53. The summed E-state index contributed by atoms with van der Waals surface area (Å²) in [6, 6.07) is 22.0. The highest BCUT2D eigenvalue weighted by Gasteiger charge is 2.29. The molecule has 0 radical (unpaired) electrons. The van der Waals surface area contributed by atoms with Gasteiger partial charge in [0, 0.05) is 12.6 Å². The first-order chi connectivity index (χ1) is 11.3. The third-order valence-corrected chi connectivity index (χ3v) is 4.71. The minimum Gasteiger partial charge on any atom is -0.500 e. The SMILES string of the molecule is CCC1=C(OC)CN(Cc2ccccc2)C(c2ccccc2)C1. The van der Waals surface area contributed by atoms with Crippen LogP contribution in [0.1, 0.15) is 36.9 Å². The van der Waals surface area contributed by atoms with Gasteiger partial charge in [-0.2, -0.15) is 0 Å². The zero-order valence-electron chi connectivity index (χ0n) is 14.0. The Morgan fingerprint density at radius 1 is 1.00 bits per heavy atom. The van der Waals surface area contributed by atoms with Crippen molar-refractivity contribution in [1.29, 1.82) is 0 Å². The molecule has 0 aromatic heterocycles. The lowest BCUT2D eigenvalue weighted by molar-refractivity contribution is 0.136. The number of hydrogen-bond acceptors (Lipinski definition) is 2. The van der Waals surface area contributed by atoms with Crippen molar-refractivity contribution < 1.29 is 4.74 Å². The van der Waals surface area contributed by atoms with Crippen molar-refractivity contribution in [2.45, 2.75) is 32.4 Å². The number of hydrogen-bond donors (Lipinski definition) is 0. The third kappa shape index (κ3) is 3.65. The Kier molecular flexibility index (Phi) is 5.14. The molecule has 1 aliphatic heterocycles. The first-order valence-electron chi connectivity index (χ1n) is 8.39. The van der Waals surface area contributed by atoms with Crippen LogP contribution >= 0.6 is 0 Å². The third-order valence-electron chi connectivity index (χ3n) is 4.71. The fourth-order valence-electron chi connectivity index (χ4n) is 3.42. The van der Waals surface area contributed by atoms with Crippen molar-refractivity contribution in [3.05, 3.63) is 83.1 Å².